The first-order valence-corrected chi connectivity index (χ1v) is 6.94. The largest absolute Gasteiger partial charge is 0.326 e. The summed E-state index contributed by atoms with van der Waals surface area (Å²) in [5, 5.41) is 2.78. The number of hydrogen-bond donors (Lipinski definition) is 2. The van der Waals surface area contributed by atoms with Crippen molar-refractivity contribution in [1.82, 2.24) is 0 Å². The van der Waals surface area contributed by atoms with Crippen LogP contribution in [0.3, 0.4) is 0 Å². The fourth-order valence-electron chi connectivity index (χ4n) is 2.26. The Morgan fingerprint density at radius 2 is 2.26 bits per heavy atom. The SMILES string of the molecule is CC(=O)Nc1cc(N2CC(CS)CC2=O)ccc1C. The van der Waals surface area contributed by atoms with Gasteiger partial charge in [-0.05, 0) is 36.3 Å². The Kier molecular flexibility index (Phi) is 4.14. The number of nitrogens with zero attached hydrogens (tertiary/aromatic N) is 1. The zero-order valence-corrected chi connectivity index (χ0v) is 12.0. The summed E-state index contributed by atoms with van der Waals surface area (Å²) in [4.78, 5) is 24.9. The second-order valence-corrected chi connectivity index (χ2v) is 5.30. The fraction of sp³-hybridized carbons (Fsp3) is 0.429. The standard InChI is InChI=1S/C14H18N2O2S/c1-9-3-4-12(6-13(9)15-10(2)17)16-7-11(8-19)5-14(16)18/h3-4,6,11,19H,5,7-8H2,1-2H3,(H,15,17). The number of aryl methyl sites for hydroxylation is 1. The molecule has 2 rings (SSSR count). The lowest BCUT2D eigenvalue weighted by Gasteiger charge is -2.18. The summed E-state index contributed by atoms with van der Waals surface area (Å²) in [7, 11) is 0. The minimum Gasteiger partial charge on any atom is -0.326 e. The minimum atomic E-state index is -0.110. The van der Waals surface area contributed by atoms with E-state index >= 15 is 0 Å². The molecule has 1 unspecified atom stereocenters. The third-order valence-electron chi connectivity index (χ3n) is 3.31. The molecule has 1 fully saturated rings. The van der Waals surface area contributed by atoms with Gasteiger partial charge in [-0.25, -0.2) is 0 Å². The molecule has 0 aromatic heterocycles. The molecule has 1 heterocycles. The summed E-state index contributed by atoms with van der Waals surface area (Å²) in [6.07, 6.45) is 0.548. The Bertz CT molecular complexity index is 516. The third-order valence-corrected chi connectivity index (χ3v) is 3.82. The van der Waals surface area contributed by atoms with Crippen LogP contribution < -0.4 is 10.2 Å². The van der Waals surface area contributed by atoms with E-state index in [2.05, 4.69) is 17.9 Å². The zero-order chi connectivity index (χ0) is 14.0. The maximum absolute atomic E-state index is 12.0. The van der Waals surface area contributed by atoms with E-state index in [0.29, 0.717) is 24.6 Å². The van der Waals surface area contributed by atoms with Crippen molar-refractivity contribution in [2.24, 2.45) is 5.92 Å². The van der Waals surface area contributed by atoms with Crippen LogP contribution in [0.2, 0.25) is 0 Å². The van der Waals surface area contributed by atoms with Gasteiger partial charge in [0.05, 0.1) is 0 Å². The van der Waals surface area contributed by atoms with E-state index in [1.807, 2.05) is 25.1 Å². The number of carbonyl (C=O) groups excluding carboxylic acids is 2. The molecule has 0 radical (unpaired) electrons. The Morgan fingerprint density at radius 1 is 1.53 bits per heavy atom. The van der Waals surface area contributed by atoms with Gasteiger partial charge >= 0.3 is 0 Å². The number of hydrogen-bond acceptors (Lipinski definition) is 3. The van der Waals surface area contributed by atoms with Crippen molar-refractivity contribution in [3.63, 3.8) is 0 Å². The number of nitrogens with one attached hydrogen (secondary N) is 1. The molecular formula is C14H18N2O2S. The van der Waals surface area contributed by atoms with Gasteiger partial charge in [0.15, 0.2) is 0 Å². The molecule has 0 aliphatic carbocycles. The van der Waals surface area contributed by atoms with Gasteiger partial charge in [-0.3, -0.25) is 9.59 Å². The highest BCUT2D eigenvalue weighted by molar-refractivity contribution is 7.80. The van der Waals surface area contributed by atoms with Crippen LogP contribution in [0.5, 0.6) is 0 Å². The average Bonchev–Trinajstić information content (AvgIpc) is 2.73. The normalized spacial score (nSPS) is 18.8. The molecule has 1 atom stereocenters. The highest BCUT2D eigenvalue weighted by Gasteiger charge is 2.29. The molecule has 5 heteroatoms. The number of carbonyl (C=O) groups is 2. The fourth-order valence-corrected chi connectivity index (χ4v) is 2.50. The summed E-state index contributed by atoms with van der Waals surface area (Å²) in [5.41, 5.74) is 2.58. The first kappa shape index (κ1) is 13.9. The van der Waals surface area contributed by atoms with Crippen LogP contribution in [0.15, 0.2) is 18.2 Å². The number of anilines is 2. The number of benzene rings is 1. The monoisotopic (exact) mass is 278 g/mol. The lowest BCUT2D eigenvalue weighted by molar-refractivity contribution is -0.117. The van der Waals surface area contributed by atoms with Gasteiger partial charge in [0.2, 0.25) is 11.8 Å². The molecule has 0 spiro atoms. The van der Waals surface area contributed by atoms with Crippen molar-refractivity contribution in [1.29, 1.82) is 0 Å². The summed E-state index contributed by atoms with van der Waals surface area (Å²) in [5.74, 6) is 1.03. The number of thiol groups is 1. The van der Waals surface area contributed by atoms with E-state index in [1.54, 1.807) is 4.90 Å². The second-order valence-electron chi connectivity index (χ2n) is 4.94. The Morgan fingerprint density at radius 3 is 2.84 bits per heavy atom. The molecule has 0 saturated carbocycles. The van der Waals surface area contributed by atoms with Gasteiger partial charge < -0.3 is 10.2 Å². The molecular weight excluding hydrogens is 260 g/mol. The topological polar surface area (TPSA) is 49.4 Å². The van der Waals surface area contributed by atoms with Gasteiger partial charge in [0.25, 0.3) is 0 Å². The number of amides is 2. The molecule has 1 saturated heterocycles. The van der Waals surface area contributed by atoms with Gasteiger partial charge in [-0.1, -0.05) is 6.07 Å². The highest BCUT2D eigenvalue weighted by atomic mass is 32.1. The van der Waals surface area contributed by atoms with Crippen molar-refractivity contribution < 1.29 is 9.59 Å². The van der Waals surface area contributed by atoms with Gasteiger partial charge in [0, 0.05) is 31.3 Å². The highest BCUT2D eigenvalue weighted by Crippen LogP contribution is 2.29. The van der Waals surface area contributed by atoms with E-state index in [9.17, 15) is 9.59 Å². The van der Waals surface area contributed by atoms with E-state index < -0.39 is 0 Å². The Labute approximate surface area is 118 Å². The van der Waals surface area contributed by atoms with Gasteiger partial charge in [-0.15, -0.1) is 0 Å². The summed E-state index contributed by atoms with van der Waals surface area (Å²) >= 11 is 4.26. The summed E-state index contributed by atoms with van der Waals surface area (Å²) in [6.45, 7) is 4.10. The first-order chi connectivity index (χ1) is 9.01. The maximum Gasteiger partial charge on any atom is 0.227 e. The summed E-state index contributed by atoms with van der Waals surface area (Å²) < 4.78 is 0. The molecule has 19 heavy (non-hydrogen) atoms. The van der Waals surface area contributed by atoms with Crippen LogP contribution in [-0.2, 0) is 9.59 Å². The molecule has 1 aliphatic heterocycles. The molecule has 1 aromatic carbocycles. The van der Waals surface area contributed by atoms with Crippen LogP contribution in [0.4, 0.5) is 11.4 Å². The van der Waals surface area contributed by atoms with Crippen molar-refractivity contribution in [2.45, 2.75) is 20.3 Å². The summed E-state index contributed by atoms with van der Waals surface area (Å²) in [6, 6.07) is 5.69. The Balaban J connectivity index is 2.26. The molecule has 1 N–H and O–H groups in total. The third kappa shape index (κ3) is 3.10. The quantitative estimate of drug-likeness (QED) is 0.833. The maximum atomic E-state index is 12.0. The molecule has 2 amide bonds. The van der Waals surface area contributed by atoms with E-state index in [0.717, 1.165) is 16.9 Å². The van der Waals surface area contributed by atoms with Crippen LogP contribution in [0, 0.1) is 12.8 Å². The van der Waals surface area contributed by atoms with E-state index in [1.165, 1.54) is 6.92 Å². The molecule has 102 valence electrons. The minimum absolute atomic E-state index is 0.110. The smallest absolute Gasteiger partial charge is 0.227 e. The Hall–Kier alpha value is -1.49. The molecule has 1 aliphatic rings. The van der Waals surface area contributed by atoms with Crippen molar-refractivity contribution in [3.8, 4) is 0 Å². The zero-order valence-electron chi connectivity index (χ0n) is 11.1. The molecule has 4 nitrogen and oxygen atoms in total. The van der Waals surface area contributed by atoms with Gasteiger partial charge in [0.1, 0.15) is 0 Å². The van der Waals surface area contributed by atoms with Crippen molar-refractivity contribution in [2.75, 3.05) is 22.5 Å². The van der Waals surface area contributed by atoms with Crippen molar-refractivity contribution in [3.05, 3.63) is 23.8 Å². The lowest BCUT2D eigenvalue weighted by atomic mass is 10.1. The van der Waals surface area contributed by atoms with Crippen LogP contribution in [0.1, 0.15) is 18.9 Å². The number of rotatable bonds is 3. The first-order valence-electron chi connectivity index (χ1n) is 6.30. The van der Waals surface area contributed by atoms with Crippen molar-refractivity contribution >= 4 is 35.8 Å². The molecule has 1 aromatic rings. The van der Waals surface area contributed by atoms with E-state index in [-0.39, 0.29) is 11.8 Å². The van der Waals surface area contributed by atoms with E-state index in [4.69, 9.17) is 0 Å². The van der Waals surface area contributed by atoms with Crippen LogP contribution in [-0.4, -0.2) is 24.1 Å². The predicted octanol–water partition coefficient (Wildman–Crippen LogP) is 2.24. The lowest BCUT2D eigenvalue weighted by Crippen LogP contribution is -2.24. The van der Waals surface area contributed by atoms with Crippen LogP contribution >= 0.6 is 12.6 Å². The second kappa shape index (κ2) is 5.65. The van der Waals surface area contributed by atoms with Crippen LogP contribution in [0.25, 0.3) is 0 Å². The van der Waals surface area contributed by atoms with Gasteiger partial charge in [-0.2, -0.15) is 12.6 Å². The molecule has 0 bridgehead atoms. The average molecular weight is 278 g/mol. The predicted molar refractivity (Wildman–Crippen MR) is 79.8 cm³/mol.